The molecule has 3 rings (SSSR count). The molecule has 0 radical (unpaired) electrons. The molecule has 0 aliphatic rings. The fourth-order valence-electron chi connectivity index (χ4n) is 2.33. The summed E-state index contributed by atoms with van der Waals surface area (Å²) in [5, 5.41) is 6.76. The minimum absolute atomic E-state index is 0.221. The van der Waals surface area contributed by atoms with E-state index in [4.69, 9.17) is 9.47 Å². The van der Waals surface area contributed by atoms with Gasteiger partial charge in [0.15, 0.2) is 0 Å². The first-order valence-corrected chi connectivity index (χ1v) is 8.12. The minimum Gasteiger partial charge on any atom is -0.490 e. The minimum atomic E-state index is -0.281. The number of nitrogens with zero attached hydrogens (tertiary/aromatic N) is 2. The maximum Gasteiger partial charge on any atom is 0.309 e. The van der Waals surface area contributed by atoms with Gasteiger partial charge in [-0.2, -0.15) is 5.10 Å². The summed E-state index contributed by atoms with van der Waals surface area (Å²) in [7, 11) is 1.37. The number of methoxy groups -OCH3 is 1. The van der Waals surface area contributed by atoms with Crippen molar-refractivity contribution < 1.29 is 19.0 Å². The number of ether oxygens (including phenoxy) is 3. The lowest BCUT2D eigenvalue weighted by molar-refractivity contribution is -0.139. The van der Waals surface area contributed by atoms with E-state index in [0.29, 0.717) is 24.7 Å². The number of aromatic nitrogens is 3. The highest BCUT2D eigenvalue weighted by molar-refractivity contribution is 5.72. The highest BCUT2D eigenvalue weighted by Crippen LogP contribution is 2.17. The number of carbonyl (C=O) groups excluding carboxylic acids is 1. The van der Waals surface area contributed by atoms with Crippen molar-refractivity contribution in [2.75, 3.05) is 20.3 Å². The molecular formula is C19H19N3O4. The first kappa shape index (κ1) is 17.5. The van der Waals surface area contributed by atoms with Crippen LogP contribution in [0.15, 0.2) is 54.9 Å². The van der Waals surface area contributed by atoms with Crippen LogP contribution >= 0.6 is 0 Å². The molecule has 1 aromatic carbocycles. The van der Waals surface area contributed by atoms with Gasteiger partial charge in [-0.3, -0.25) is 14.9 Å². The van der Waals surface area contributed by atoms with Crippen LogP contribution in [-0.4, -0.2) is 41.5 Å². The molecule has 0 bridgehead atoms. The number of esters is 1. The second kappa shape index (κ2) is 8.66. The quantitative estimate of drug-likeness (QED) is 0.495. The first-order chi connectivity index (χ1) is 12.7. The Labute approximate surface area is 150 Å². The van der Waals surface area contributed by atoms with E-state index in [1.54, 1.807) is 12.4 Å². The number of hydrogen-bond acceptors (Lipinski definition) is 6. The molecule has 0 fully saturated rings. The molecule has 0 aliphatic heterocycles. The zero-order chi connectivity index (χ0) is 18.2. The highest BCUT2D eigenvalue weighted by Gasteiger charge is 2.04. The van der Waals surface area contributed by atoms with Gasteiger partial charge in [-0.15, -0.1) is 0 Å². The molecule has 0 aliphatic carbocycles. The predicted octanol–water partition coefficient (Wildman–Crippen LogP) is 2.65. The molecule has 0 saturated carbocycles. The van der Waals surface area contributed by atoms with Crippen LogP contribution in [0.1, 0.15) is 5.56 Å². The molecular weight excluding hydrogens is 334 g/mol. The van der Waals surface area contributed by atoms with Crippen molar-refractivity contribution in [2.24, 2.45) is 0 Å². The Morgan fingerprint density at radius 1 is 1.08 bits per heavy atom. The Morgan fingerprint density at radius 3 is 2.62 bits per heavy atom. The molecule has 2 heterocycles. The Kier molecular flexibility index (Phi) is 5.82. The molecule has 26 heavy (non-hydrogen) atoms. The van der Waals surface area contributed by atoms with E-state index in [9.17, 15) is 4.79 Å². The lowest BCUT2D eigenvalue weighted by atomic mass is 10.1. The van der Waals surface area contributed by atoms with Crippen LogP contribution in [0, 0.1) is 0 Å². The number of hydrogen-bond donors (Lipinski definition) is 1. The van der Waals surface area contributed by atoms with Gasteiger partial charge in [-0.05, 0) is 35.9 Å². The van der Waals surface area contributed by atoms with Gasteiger partial charge in [0.1, 0.15) is 24.7 Å². The first-order valence-electron chi connectivity index (χ1n) is 8.12. The van der Waals surface area contributed by atoms with Gasteiger partial charge >= 0.3 is 5.97 Å². The Morgan fingerprint density at radius 2 is 1.92 bits per heavy atom. The lowest BCUT2D eigenvalue weighted by Gasteiger charge is -2.09. The van der Waals surface area contributed by atoms with E-state index < -0.39 is 0 Å². The summed E-state index contributed by atoms with van der Waals surface area (Å²) in [5.41, 5.74) is 2.49. The van der Waals surface area contributed by atoms with Gasteiger partial charge in [0.05, 0.1) is 31.1 Å². The third kappa shape index (κ3) is 4.83. The molecule has 7 nitrogen and oxygen atoms in total. The summed E-state index contributed by atoms with van der Waals surface area (Å²) in [5.74, 6) is 1.07. The standard InChI is InChI=1S/C19H19N3O4/c1-24-19(23)12-14-3-2-4-15(11-14)25-9-10-26-16-5-6-17(20-13-16)18-7-8-21-22-18/h2-8,11,13H,9-10,12H2,1H3,(H,21,22). The smallest absolute Gasteiger partial charge is 0.309 e. The molecule has 3 aromatic rings. The van der Waals surface area contributed by atoms with E-state index in [0.717, 1.165) is 17.0 Å². The number of H-pyrrole nitrogens is 1. The molecule has 0 amide bonds. The molecule has 7 heteroatoms. The predicted molar refractivity (Wildman–Crippen MR) is 95.0 cm³/mol. The van der Waals surface area contributed by atoms with Crippen LogP contribution in [0.4, 0.5) is 0 Å². The van der Waals surface area contributed by atoms with Crippen LogP contribution in [0.2, 0.25) is 0 Å². The third-order valence-corrected chi connectivity index (χ3v) is 3.61. The summed E-state index contributed by atoms with van der Waals surface area (Å²) >= 11 is 0. The van der Waals surface area contributed by atoms with Crippen molar-refractivity contribution in [3.05, 3.63) is 60.4 Å². The number of nitrogens with one attached hydrogen (secondary N) is 1. The number of benzene rings is 1. The second-order valence-corrected chi connectivity index (χ2v) is 5.45. The van der Waals surface area contributed by atoms with Crippen molar-refractivity contribution >= 4 is 5.97 Å². The van der Waals surface area contributed by atoms with Crippen LogP contribution < -0.4 is 9.47 Å². The molecule has 134 valence electrons. The Balaban J connectivity index is 1.45. The van der Waals surface area contributed by atoms with Gasteiger partial charge in [0.2, 0.25) is 0 Å². The fraction of sp³-hybridized carbons (Fsp3) is 0.211. The number of carbonyl (C=O) groups is 1. The summed E-state index contributed by atoms with van der Waals surface area (Å²) in [4.78, 5) is 15.6. The van der Waals surface area contributed by atoms with Crippen molar-refractivity contribution in [1.29, 1.82) is 0 Å². The average Bonchev–Trinajstić information content (AvgIpc) is 3.21. The molecule has 0 unspecified atom stereocenters. The monoisotopic (exact) mass is 353 g/mol. The topological polar surface area (TPSA) is 86.3 Å². The number of pyridine rings is 1. The van der Waals surface area contributed by atoms with E-state index in [2.05, 4.69) is 19.9 Å². The van der Waals surface area contributed by atoms with Gasteiger partial charge in [-0.25, -0.2) is 0 Å². The van der Waals surface area contributed by atoms with Crippen LogP contribution in [-0.2, 0) is 16.0 Å². The fourth-order valence-corrected chi connectivity index (χ4v) is 2.33. The summed E-state index contributed by atoms with van der Waals surface area (Å²) < 4.78 is 15.9. The summed E-state index contributed by atoms with van der Waals surface area (Å²) in [6, 6.07) is 12.9. The SMILES string of the molecule is COC(=O)Cc1cccc(OCCOc2ccc(-c3ccn[nH]3)nc2)c1. The van der Waals surface area contributed by atoms with E-state index in [1.807, 2.05) is 42.5 Å². The Bertz CT molecular complexity index is 832. The normalized spacial score (nSPS) is 10.3. The zero-order valence-corrected chi connectivity index (χ0v) is 14.3. The van der Waals surface area contributed by atoms with Gasteiger partial charge < -0.3 is 14.2 Å². The van der Waals surface area contributed by atoms with Crippen molar-refractivity contribution in [1.82, 2.24) is 15.2 Å². The summed E-state index contributed by atoms with van der Waals surface area (Å²) in [6.07, 6.45) is 3.56. The molecule has 0 atom stereocenters. The molecule has 1 N–H and O–H groups in total. The maximum absolute atomic E-state index is 11.3. The highest BCUT2D eigenvalue weighted by atomic mass is 16.5. The van der Waals surface area contributed by atoms with Crippen LogP contribution in [0.5, 0.6) is 11.5 Å². The lowest BCUT2D eigenvalue weighted by Crippen LogP contribution is -2.09. The zero-order valence-electron chi connectivity index (χ0n) is 14.3. The van der Waals surface area contributed by atoms with Crippen molar-refractivity contribution in [2.45, 2.75) is 6.42 Å². The van der Waals surface area contributed by atoms with Crippen LogP contribution in [0.3, 0.4) is 0 Å². The van der Waals surface area contributed by atoms with Crippen molar-refractivity contribution in [3.8, 4) is 22.9 Å². The van der Waals surface area contributed by atoms with Crippen molar-refractivity contribution in [3.63, 3.8) is 0 Å². The van der Waals surface area contributed by atoms with Gasteiger partial charge in [0.25, 0.3) is 0 Å². The number of aromatic amines is 1. The van der Waals surface area contributed by atoms with E-state index in [-0.39, 0.29) is 12.4 Å². The Hall–Kier alpha value is -3.35. The third-order valence-electron chi connectivity index (χ3n) is 3.61. The molecule has 0 spiro atoms. The summed E-state index contributed by atoms with van der Waals surface area (Å²) in [6.45, 7) is 0.760. The number of rotatable bonds is 8. The molecule has 0 saturated heterocycles. The van der Waals surface area contributed by atoms with E-state index in [1.165, 1.54) is 7.11 Å². The van der Waals surface area contributed by atoms with Gasteiger partial charge in [-0.1, -0.05) is 12.1 Å². The average molecular weight is 353 g/mol. The molecule has 2 aromatic heterocycles. The van der Waals surface area contributed by atoms with E-state index >= 15 is 0 Å². The maximum atomic E-state index is 11.3. The largest absolute Gasteiger partial charge is 0.490 e. The van der Waals surface area contributed by atoms with Crippen LogP contribution in [0.25, 0.3) is 11.4 Å². The second-order valence-electron chi connectivity index (χ2n) is 5.45. The van der Waals surface area contributed by atoms with Gasteiger partial charge in [0, 0.05) is 6.20 Å².